The van der Waals surface area contributed by atoms with Crippen LogP contribution in [0.15, 0.2) is 18.2 Å². The molecule has 1 aliphatic heterocycles. The van der Waals surface area contributed by atoms with Crippen molar-refractivity contribution < 1.29 is 31.5 Å². The maximum Gasteiger partial charge on any atom is 0.417 e. The Balaban J connectivity index is 0.00000220. The molecule has 0 saturated carbocycles. The van der Waals surface area contributed by atoms with Crippen molar-refractivity contribution in [3.8, 4) is 0 Å². The van der Waals surface area contributed by atoms with Crippen molar-refractivity contribution in [1.29, 1.82) is 0 Å². The zero-order valence-corrected chi connectivity index (χ0v) is 11.6. The fraction of sp³-hybridized carbons (Fsp3) is 0.364. The third-order valence-electron chi connectivity index (χ3n) is 2.71. The minimum Gasteiger partial charge on any atom is -0.443 e. The third-order valence-corrected chi connectivity index (χ3v) is 3.02. The normalized spacial score (nSPS) is 21.0. The molecule has 2 rings (SSSR count). The van der Waals surface area contributed by atoms with E-state index < -0.39 is 41.4 Å². The Morgan fingerprint density at radius 3 is 2.48 bits per heavy atom. The molecule has 10 heteroatoms. The van der Waals surface area contributed by atoms with Crippen molar-refractivity contribution in [3.05, 3.63) is 34.3 Å². The van der Waals surface area contributed by atoms with E-state index in [1.807, 2.05) is 5.32 Å². The summed E-state index contributed by atoms with van der Waals surface area (Å²) in [6.45, 7) is -1.15. The number of hydrogen-bond acceptors (Lipinski definition) is 2. The van der Waals surface area contributed by atoms with Crippen LogP contribution in [0.2, 0.25) is 5.02 Å². The number of alkyl halides is 5. The molecule has 1 amide bonds. The fourth-order valence-corrected chi connectivity index (χ4v) is 2.07. The first-order valence-electron chi connectivity index (χ1n) is 5.29. The summed E-state index contributed by atoms with van der Waals surface area (Å²) in [7, 11) is 0. The van der Waals surface area contributed by atoms with Crippen molar-refractivity contribution >= 4 is 30.1 Å². The van der Waals surface area contributed by atoms with Gasteiger partial charge >= 0.3 is 18.2 Å². The van der Waals surface area contributed by atoms with Gasteiger partial charge < -0.3 is 10.1 Å². The standard InChI is InChI=1S/C11H7ClF5NO2.ClH/c12-7-3-5(1-2-6(7)11(15,16)17)8-10(13,14)4-20-9(19)18-8;/h1-3,8H,4H2,(H,18,19);1H/t8-;/m1./s1. The number of ether oxygens (including phenoxy) is 1. The van der Waals surface area contributed by atoms with Crippen LogP contribution in [0.25, 0.3) is 0 Å². The van der Waals surface area contributed by atoms with Gasteiger partial charge in [-0.25, -0.2) is 13.6 Å². The van der Waals surface area contributed by atoms with Crippen LogP contribution in [0, 0.1) is 0 Å². The van der Waals surface area contributed by atoms with E-state index in [-0.39, 0.29) is 18.0 Å². The summed E-state index contributed by atoms with van der Waals surface area (Å²) in [5, 5.41) is 1.14. The van der Waals surface area contributed by atoms with E-state index in [1.54, 1.807) is 0 Å². The zero-order chi connectivity index (χ0) is 15.1. The van der Waals surface area contributed by atoms with Crippen molar-refractivity contribution in [2.75, 3.05) is 6.61 Å². The second kappa shape index (κ2) is 5.84. The van der Waals surface area contributed by atoms with Gasteiger partial charge in [0, 0.05) is 0 Å². The van der Waals surface area contributed by atoms with Crippen LogP contribution >= 0.6 is 24.0 Å². The van der Waals surface area contributed by atoms with E-state index >= 15 is 0 Å². The molecule has 1 atom stereocenters. The molecule has 1 saturated heterocycles. The van der Waals surface area contributed by atoms with Crippen LogP contribution in [0.3, 0.4) is 0 Å². The highest BCUT2D eigenvalue weighted by molar-refractivity contribution is 6.31. The first-order valence-corrected chi connectivity index (χ1v) is 5.67. The number of carbonyl (C=O) groups is 1. The van der Waals surface area contributed by atoms with Gasteiger partial charge in [0.2, 0.25) is 0 Å². The monoisotopic (exact) mass is 351 g/mol. The zero-order valence-electron chi connectivity index (χ0n) is 10.0. The number of amides is 1. The molecule has 1 aromatic carbocycles. The maximum atomic E-state index is 13.6. The van der Waals surface area contributed by atoms with Gasteiger partial charge in [-0.3, -0.25) is 0 Å². The molecule has 1 aliphatic rings. The molecule has 0 unspecified atom stereocenters. The Hall–Kier alpha value is -1.28. The van der Waals surface area contributed by atoms with Gasteiger partial charge in [0.05, 0.1) is 10.6 Å². The molecule has 0 aliphatic carbocycles. The lowest BCUT2D eigenvalue weighted by atomic mass is 9.98. The van der Waals surface area contributed by atoms with Crippen LogP contribution in [0.1, 0.15) is 17.2 Å². The predicted molar refractivity (Wildman–Crippen MR) is 65.9 cm³/mol. The summed E-state index contributed by atoms with van der Waals surface area (Å²) in [6, 6.07) is 0.409. The summed E-state index contributed by atoms with van der Waals surface area (Å²) >= 11 is 5.45. The second-order valence-corrected chi connectivity index (χ2v) is 4.56. The summed E-state index contributed by atoms with van der Waals surface area (Å²) in [5.41, 5.74) is -1.37. The molecule has 1 fully saturated rings. The van der Waals surface area contributed by atoms with E-state index in [2.05, 4.69) is 4.74 Å². The van der Waals surface area contributed by atoms with Crippen molar-refractivity contribution in [1.82, 2.24) is 5.32 Å². The number of rotatable bonds is 1. The van der Waals surface area contributed by atoms with Crippen LogP contribution in [-0.4, -0.2) is 18.6 Å². The molecule has 118 valence electrons. The van der Waals surface area contributed by atoms with E-state index in [1.165, 1.54) is 0 Å². The Bertz CT molecular complexity index is 550. The lowest BCUT2D eigenvalue weighted by Gasteiger charge is -2.32. The molecular formula is C11H8Cl2F5NO2. The van der Waals surface area contributed by atoms with E-state index in [4.69, 9.17) is 11.6 Å². The van der Waals surface area contributed by atoms with E-state index in [0.717, 1.165) is 12.1 Å². The summed E-state index contributed by atoms with van der Waals surface area (Å²) in [5.74, 6) is -3.45. The Morgan fingerprint density at radius 2 is 1.95 bits per heavy atom. The fourth-order valence-electron chi connectivity index (χ4n) is 1.78. The molecule has 0 aromatic heterocycles. The van der Waals surface area contributed by atoms with E-state index in [0.29, 0.717) is 6.07 Å². The largest absolute Gasteiger partial charge is 0.443 e. The Labute approximate surface area is 126 Å². The average molecular weight is 352 g/mol. The van der Waals surface area contributed by atoms with Crippen molar-refractivity contribution in [3.63, 3.8) is 0 Å². The Kier molecular flexibility index (Phi) is 4.94. The number of cyclic esters (lactones) is 1. The highest BCUT2D eigenvalue weighted by Gasteiger charge is 2.47. The number of nitrogens with one attached hydrogen (secondary N) is 1. The molecule has 0 bridgehead atoms. The number of alkyl carbamates (subject to hydrolysis) is 1. The quantitative estimate of drug-likeness (QED) is 0.770. The summed E-state index contributed by atoms with van der Waals surface area (Å²) in [6.07, 6.45) is -5.76. The smallest absolute Gasteiger partial charge is 0.417 e. The predicted octanol–water partition coefficient (Wildman–Crippen LogP) is 4.20. The number of hydrogen-bond donors (Lipinski definition) is 1. The third kappa shape index (κ3) is 3.68. The molecular weight excluding hydrogens is 344 g/mol. The van der Waals surface area contributed by atoms with Gasteiger partial charge in [-0.15, -0.1) is 12.4 Å². The van der Waals surface area contributed by atoms with Crippen molar-refractivity contribution in [2.24, 2.45) is 0 Å². The van der Waals surface area contributed by atoms with Crippen LogP contribution < -0.4 is 5.32 Å². The van der Waals surface area contributed by atoms with Gasteiger partial charge in [0.15, 0.2) is 6.61 Å². The topological polar surface area (TPSA) is 38.3 Å². The molecule has 1 N–H and O–H groups in total. The van der Waals surface area contributed by atoms with E-state index in [9.17, 15) is 26.7 Å². The first-order chi connectivity index (χ1) is 9.11. The minimum atomic E-state index is -4.68. The van der Waals surface area contributed by atoms with Crippen LogP contribution in [0.4, 0.5) is 26.7 Å². The average Bonchev–Trinajstić information content (AvgIpc) is 2.30. The number of benzene rings is 1. The minimum absolute atomic E-state index is 0. The number of carbonyl (C=O) groups excluding carboxylic acids is 1. The Morgan fingerprint density at radius 1 is 1.33 bits per heavy atom. The van der Waals surface area contributed by atoms with Crippen LogP contribution in [0.5, 0.6) is 0 Å². The summed E-state index contributed by atoms with van der Waals surface area (Å²) in [4.78, 5) is 11.0. The van der Waals surface area contributed by atoms with Gasteiger partial charge in [-0.1, -0.05) is 17.7 Å². The maximum absolute atomic E-state index is 13.6. The van der Waals surface area contributed by atoms with Gasteiger partial charge in [0.1, 0.15) is 6.04 Å². The van der Waals surface area contributed by atoms with Gasteiger partial charge in [-0.2, -0.15) is 13.2 Å². The van der Waals surface area contributed by atoms with Gasteiger partial charge in [-0.05, 0) is 17.7 Å². The molecule has 0 spiro atoms. The molecule has 21 heavy (non-hydrogen) atoms. The highest BCUT2D eigenvalue weighted by Crippen LogP contribution is 2.39. The lowest BCUT2D eigenvalue weighted by Crippen LogP contribution is -2.49. The second-order valence-electron chi connectivity index (χ2n) is 4.15. The van der Waals surface area contributed by atoms with Crippen LogP contribution in [-0.2, 0) is 10.9 Å². The molecule has 3 nitrogen and oxygen atoms in total. The molecule has 1 aromatic rings. The first kappa shape index (κ1) is 17.8. The van der Waals surface area contributed by atoms with Gasteiger partial charge in [0.25, 0.3) is 0 Å². The highest BCUT2D eigenvalue weighted by atomic mass is 35.5. The summed E-state index contributed by atoms with van der Waals surface area (Å²) < 4.78 is 68.9. The lowest BCUT2D eigenvalue weighted by molar-refractivity contribution is -0.137. The number of halogens is 7. The SMILES string of the molecule is Cl.O=C1N[C@H](c2ccc(C(F)(F)F)c(Cl)c2)C(F)(F)CO1. The molecule has 0 radical (unpaired) electrons. The van der Waals surface area contributed by atoms with Crippen molar-refractivity contribution in [2.45, 2.75) is 18.1 Å². The molecule has 1 heterocycles.